The minimum Gasteiger partial charge on any atom is -0.454 e. The first-order valence-electron chi connectivity index (χ1n) is 11.2. The predicted octanol–water partition coefficient (Wildman–Crippen LogP) is 4.59. The Morgan fingerprint density at radius 1 is 1.09 bits per heavy atom. The van der Waals surface area contributed by atoms with Crippen LogP contribution in [0.2, 0.25) is 0 Å². The fourth-order valence-electron chi connectivity index (χ4n) is 4.63. The highest BCUT2D eigenvalue weighted by molar-refractivity contribution is 5.78. The van der Waals surface area contributed by atoms with Gasteiger partial charge in [0.05, 0.1) is 17.1 Å². The van der Waals surface area contributed by atoms with E-state index >= 15 is 0 Å². The third-order valence-electron chi connectivity index (χ3n) is 6.39. The topological polar surface area (TPSA) is 89.1 Å². The Morgan fingerprint density at radius 3 is 2.69 bits per heavy atom. The van der Waals surface area contributed by atoms with Crippen LogP contribution in [0, 0.1) is 12.8 Å². The van der Waals surface area contributed by atoms with E-state index in [1.165, 1.54) is 0 Å². The van der Waals surface area contributed by atoms with E-state index in [1.54, 1.807) is 6.92 Å². The van der Waals surface area contributed by atoms with Crippen molar-refractivity contribution in [3.05, 3.63) is 47.9 Å². The number of aryl methyl sites for hydroxylation is 1. The number of hydrogen-bond donors (Lipinski definition) is 2. The van der Waals surface area contributed by atoms with Crippen molar-refractivity contribution in [3.63, 3.8) is 0 Å². The number of carbonyl (C=O) groups excluding carboxylic acids is 1. The molecule has 1 aliphatic carbocycles. The fourth-order valence-corrected chi connectivity index (χ4v) is 4.63. The molecule has 5 rings (SSSR count). The van der Waals surface area contributed by atoms with Gasteiger partial charge in [-0.1, -0.05) is 6.07 Å². The number of ether oxygens (including phenoxy) is 2. The molecule has 0 radical (unpaired) electrons. The maximum absolute atomic E-state index is 11.2. The summed E-state index contributed by atoms with van der Waals surface area (Å²) in [5.74, 6) is 3.47. The molecular formula is C25H28N4O3. The van der Waals surface area contributed by atoms with E-state index in [1.807, 2.05) is 43.3 Å². The van der Waals surface area contributed by atoms with E-state index in [2.05, 4.69) is 10.3 Å². The average Bonchev–Trinajstić information content (AvgIpc) is 3.45. The quantitative estimate of drug-likeness (QED) is 0.616. The Bertz CT molecular complexity index is 1130. The van der Waals surface area contributed by atoms with Gasteiger partial charge in [0.1, 0.15) is 5.82 Å². The van der Waals surface area contributed by atoms with E-state index in [9.17, 15) is 4.79 Å². The zero-order valence-electron chi connectivity index (χ0n) is 18.5. The monoisotopic (exact) mass is 432 g/mol. The first-order chi connectivity index (χ1) is 15.6. The molecule has 7 heteroatoms. The largest absolute Gasteiger partial charge is 0.454 e. The number of benzene rings is 1. The molecule has 3 heterocycles. The van der Waals surface area contributed by atoms with E-state index in [-0.39, 0.29) is 12.7 Å². The van der Waals surface area contributed by atoms with Gasteiger partial charge in [0.25, 0.3) is 0 Å². The van der Waals surface area contributed by atoms with Gasteiger partial charge in [0.15, 0.2) is 11.5 Å². The van der Waals surface area contributed by atoms with Gasteiger partial charge in [-0.15, -0.1) is 0 Å². The van der Waals surface area contributed by atoms with Crippen molar-refractivity contribution in [1.82, 2.24) is 20.3 Å². The molecule has 0 unspecified atom stereocenters. The fraction of sp³-hybridized carbons (Fsp3) is 0.400. The van der Waals surface area contributed by atoms with Crippen molar-refractivity contribution in [1.29, 1.82) is 0 Å². The minimum atomic E-state index is 0.0434. The predicted molar refractivity (Wildman–Crippen MR) is 121 cm³/mol. The van der Waals surface area contributed by atoms with Gasteiger partial charge in [-0.2, -0.15) is 0 Å². The minimum absolute atomic E-state index is 0.0434. The second-order valence-corrected chi connectivity index (χ2v) is 8.73. The van der Waals surface area contributed by atoms with Crippen LogP contribution in [0.4, 0.5) is 0 Å². The van der Waals surface area contributed by atoms with E-state index in [0.29, 0.717) is 11.8 Å². The zero-order chi connectivity index (χ0) is 22.1. The van der Waals surface area contributed by atoms with Crippen LogP contribution < -0.4 is 14.8 Å². The summed E-state index contributed by atoms with van der Waals surface area (Å²) in [4.78, 5) is 24.7. The second kappa shape index (κ2) is 8.65. The molecule has 166 valence electrons. The van der Waals surface area contributed by atoms with Crippen LogP contribution in [0.5, 0.6) is 11.5 Å². The molecule has 1 aromatic carbocycles. The first-order valence-corrected chi connectivity index (χ1v) is 11.2. The summed E-state index contributed by atoms with van der Waals surface area (Å²) in [6.45, 7) is 4.59. The summed E-state index contributed by atoms with van der Waals surface area (Å²) in [7, 11) is 0. The average molecular weight is 433 g/mol. The SMILES string of the molecule is CC(=O)NCC1CCC(c2nc(-c3ccc4c(c3)OCO4)c(-c3cccc(C)n3)[nH]2)CC1. The third kappa shape index (κ3) is 4.20. The summed E-state index contributed by atoms with van der Waals surface area (Å²) < 4.78 is 11.1. The summed E-state index contributed by atoms with van der Waals surface area (Å²) in [6.07, 6.45) is 4.28. The van der Waals surface area contributed by atoms with Crippen molar-refractivity contribution in [2.45, 2.75) is 45.4 Å². The number of carbonyl (C=O) groups is 1. The Balaban J connectivity index is 1.45. The van der Waals surface area contributed by atoms with Crippen molar-refractivity contribution < 1.29 is 14.3 Å². The number of rotatable bonds is 5. The molecule has 32 heavy (non-hydrogen) atoms. The molecule has 2 aromatic heterocycles. The summed E-state index contributed by atoms with van der Waals surface area (Å²) in [6, 6.07) is 12.0. The number of fused-ring (bicyclic) bond motifs is 1. The number of amides is 1. The maximum atomic E-state index is 11.2. The van der Waals surface area contributed by atoms with Gasteiger partial charge < -0.3 is 19.8 Å². The van der Waals surface area contributed by atoms with Crippen LogP contribution in [-0.4, -0.2) is 34.2 Å². The molecule has 0 atom stereocenters. The maximum Gasteiger partial charge on any atom is 0.231 e. The molecule has 1 aliphatic heterocycles. The molecule has 0 spiro atoms. The van der Waals surface area contributed by atoms with E-state index < -0.39 is 0 Å². The number of nitrogens with one attached hydrogen (secondary N) is 2. The van der Waals surface area contributed by atoms with E-state index in [0.717, 1.165) is 77.9 Å². The third-order valence-corrected chi connectivity index (χ3v) is 6.39. The smallest absolute Gasteiger partial charge is 0.231 e. The van der Waals surface area contributed by atoms with Crippen molar-refractivity contribution in [3.8, 4) is 34.1 Å². The lowest BCUT2D eigenvalue weighted by molar-refractivity contribution is -0.119. The molecular weight excluding hydrogens is 404 g/mol. The van der Waals surface area contributed by atoms with Crippen LogP contribution in [0.15, 0.2) is 36.4 Å². The van der Waals surface area contributed by atoms with Gasteiger partial charge in [0, 0.05) is 30.6 Å². The van der Waals surface area contributed by atoms with Crippen LogP contribution in [0.25, 0.3) is 22.6 Å². The molecule has 0 bridgehead atoms. The number of imidazole rings is 1. The molecule has 2 aliphatic rings. The number of hydrogen-bond acceptors (Lipinski definition) is 5. The van der Waals surface area contributed by atoms with Gasteiger partial charge >= 0.3 is 0 Å². The standard InChI is InChI=1S/C25H28N4O3/c1-15-4-3-5-20(27-15)24-23(19-10-11-21-22(12-19)32-14-31-21)28-25(29-24)18-8-6-17(7-9-18)13-26-16(2)30/h3-5,10-12,17-18H,6-9,13-14H2,1-2H3,(H,26,30)(H,28,29). The second-order valence-electron chi connectivity index (χ2n) is 8.73. The molecule has 7 nitrogen and oxygen atoms in total. The summed E-state index contributed by atoms with van der Waals surface area (Å²) in [5.41, 5.74) is 4.65. The lowest BCUT2D eigenvalue weighted by Gasteiger charge is -2.27. The number of nitrogens with zero attached hydrogens (tertiary/aromatic N) is 2. The summed E-state index contributed by atoms with van der Waals surface area (Å²) >= 11 is 0. The van der Waals surface area contributed by atoms with Gasteiger partial charge in [-0.25, -0.2) is 4.98 Å². The zero-order valence-corrected chi connectivity index (χ0v) is 18.5. The Hall–Kier alpha value is -3.35. The summed E-state index contributed by atoms with van der Waals surface area (Å²) in [5, 5.41) is 2.96. The number of aromatic nitrogens is 3. The molecule has 1 amide bonds. The van der Waals surface area contributed by atoms with Crippen molar-refractivity contribution in [2.24, 2.45) is 5.92 Å². The van der Waals surface area contributed by atoms with Crippen molar-refractivity contribution in [2.75, 3.05) is 13.3 Å². The lowest BCUT2D eigenvalue weighted by Crippen LogP contribution is -2.29. The van der Waals surface area contributed by atoms with Crippen molar-refractivity contribution >= 4 is 5.91 Å². The number of pyridine rings is 1. The number of H-pyrrole nitrogens is 1. The van der Waals surface area contributed by atoms with Crippen LogP contribution in [-0.2, 0) is 4.79 Å². The molecule has 0 saturated heterocycles. The Morgan fingerprint density at radius 2 is 1.91 bits per heavy atom. The molecule has 3 aromatic rings. The Labute approximate surface area is 187 Å². The first kappa shape index (κ1) is 20.5. The van der Waals surface area contributed by atoms with Gasteiger partial charge in [-0.3, -0.25) is 9.78 Å². The molecule has 1 saturated carbocycles. The van der Waals surface area contributed by atoms with Crippen LogP contribution >= 0.6 is 0 Å². The van der Waals surface area contributed by atoms with Gasteiger partial charge in [-0.05, 0) is 68.9 Å². The lowest BCUT2D eigenvalue weighted by atomic mass is 9.81. The highest BCUT2D eigenvalue weighted by atomic mass is 16.7. The van der Waals surface area contributed by atoms with E-state index in [4.69, 9.17) is 19.4 Å². The number of aromatic amines is 1. The van der Waals surface area contributed by atoms with Crippen LogP contribution in [0.1, 0.15) is 50.0 Å². The highest BCUT2D eigenvalue weighted by Gasteiger charge is 2.27. The molecule has 2 N–H and O–H groups in total. The normalized spacial score (nSPS) is 19.7. The van der Waals surface area contributed by atoms with Gasteiger partial charge in [0.2, 0.25) is 12.7 Å². The molecule has 1 fully saturated rings. The Kier molecular flexibility index (Phi) is 5.55. The highest BCUT2D eigenvalue weighted by Crippen LogP contribution is 2.40. The van der Waals surface area contributed by atoms with Crippen LogP contribution in [0.3, 0.4) is 0 Å².